The number of aromatic amines is 1. The average Bonchev–Trinajstić information content (AvgIpc) is 2.61. The molecule has 1 heterocycles. The van der Waals surface area contributed by atoms with Gasteiger partial charge in [0.25, 0.3) is 5.56 Å². The molecule has 0 fully saturated rings. The van der Waals surface area contributed by atoms with Crippen LogP contribution in [0.25, 0.3) is 5.69 Å². The minimum absolute atomic E-state index is 0.364. The Kier molecular flexibility index (Phi) is 2.34. The fourth-order valence-electron chi connectivity index (χ4n) is 1.34. The van der Waals surface area contributed by atoms with Crippen molar-refractivity contribution in [2.24, 2.45) is 0 Å². The molecule has 0 atom stereocenters. The van der Waals surface area contributed by atoms with Crippen molar-refractivity contribution in [1.29, 1.82) is 0 Å². The second-order valence-electron chi connectivity index (χ2n) is 3.16. The number of alkyl halides is 3. The summed E-state index contributed by atoms with van der Waals surface area (Å²) in [5.41, 5.74) is -1.93. The molecule has 0 saturated heterocycles. The molecular weight excluding hydrogens is 221 g/mol. The number of H-pyrrole nitrogens is 1. The Balaban J connectivity index is 2.55. The topological polar surface area (TPSA) is 37.8 Å². The molecule has 1 N–H and O–H groups in total. The van der Waals surface area contributed by atoms with E-state index < -0.39 is 17.3 Å². The van der Waals surface area contributed by atoms with Crippen LogP contribution in [0.5, 0.6) is 0 Å². The third-order valence-corrected chi connectivity index (χ3v) is 2.09. The van der Waals surface area contributed by atoms with Crippen molar-refractivity contribution in [2.45, 2.75) is 6.18 Å². The van der Waals surface area contributed by atoms with Crippen LogP contribution < -0.4 is 5.56 Å². The number of nitrogens with one attached hydrogen (secondary N) is 1. The van der Waals surface area contributed by atoms with Crippen molar-refractivity contribution < 1.29 is 13.2 Å². The molecule has 2 rings (SSSR count). The summed E-state index contributed by atoms with van der Waals surface area (Å²) < 4.78 is 37.9. The lowest BCUT2D eigenvalue weighted by Crippen LogP contribution is -2.22. The van der Waals surface area contributed by atoms with Gasteiger partial charge in [-0.2, -0.15) is 13.2 Å². The Labute approximate surface area is 88.1 Å². The zero-order valence-corrected chi connectivity index (χ0v) is 7.95. The lowest BCUT2D eigenvalue weighted by Gasteiger charge is -2.01. The number of para-hydroxylation sites is 1. The molecule has 0 aliphatic heterocycles. The first-order valence-electron chi connectivity index (χ1n) is 4.43. The third-order valence-electron chi connectivity index (χ3n) is 2.09. The minimum Gasteiger partial charge on any atom is -0.298 e. The van der Waals surface area contributed by atoms with Gasteiger partial charge in [-0.15, -0.1) is 0 Å². The van der Waals surface area contributed by atoms with Crippen LogP contribution in [0.4, 0.5) is 13.2 Å². The molecule has 84 valence electrons. The maximum Gasteiger partial charge on any atom is 0.423 e. The predicted molar refractivity (Wildman–Crippen MR) is 51.4 cm³/mol. The summed E-state index contributed by atoms with van der Waals surface area (Å²) in [7, 11) is 0. The van der Waals surface area contributed by atoms with Crippen LogP contribution in [0.15, 0.2) is 41.3 Å². The predicted octanol–water partition coefficient (Wildman–Crippen LogP) is 2.18. The summed E-state index contributed by atoms with van der Waals surface area (Å²) in [4.78, 5) is 11.4. The SMILES string of the molecule is O=c1c(C(F)(F)F)c[nH]n1-c1ccccc1. The highest BCUT2D eigenvalue weighted by molar-refractivity contribution is 5.31. The highest BCUT2D eigenvalue weighted by atomic mass is 19.4. The molecule has 3 nitrogen and oxygen atoms in total. The van der Waals surface area contributed by atoms with Crippen molar-refractivity contribution in [3.63, 3.8) is 0 Å². The Bertz CT molecular complexity index is 539. The summed E-state index contributed by atoms with van der Waals surface area (Å²) in [5.74, 6) is 0. The number of aromatic nitrogens is 2. The number of hydrogen-bond donors (Lipinski definition) is 1. The zero-order valence-electron chi connectivity index (χ0n) is 7.95. The molecule has 0 unspecified atom stereocenters. The molecule has 0 aliphatic rings. The summed E-state index contributed by atoms with van der Waals surface area (Å²) in [6.07, 6.45) is -3.97. The van der Waals surface area contributed by atoms with Crippen LogP contribution in [0.2, 0.25) is 0 Å². The van der Waals surface area contributed by atoms with Crippen molar-refractivity contribution >= 4 is 0 Å². The third kappa shape index (κ3) is 1.73. The Hall–Kier alpha value is -1.98. The summed E-state index contributed by atoms with van der Waals surface area (Å²) in [5, 5.41) is 2.28. The number of benzene rings is 1. The highest BCUT2D eigenvalue weighted by Gasteiger charge is 2.35. The van der Waals surface area contributed by atoms with Gasteiger partial charge in [0.15, 0.2) is 0 Å². The molecule has 0 spiro atoms. The van der Waals surface area contributed by atoms with E-state index in [0.717, 1.165) is 4.68 Å². The molecule has 0 bridgehead atoms. The quantitative estimate of drug-likeness (QED) is 0.798. The lowest BCUT2D eigenvalue weighted by atomic mass is 10.3. The van der Waals surface area contributed by atoms with Crippen molar-refractivity contribution in [3.8, 4) is 5.69 Å². The van der Waals surface area contributed by atoms with E-state index in [0.29, 0.717) is 11.9 Å². The van der Waals surface area contributed by atoms with Gasteiger partial charge in [0.2, 0.25) is 0 Å². The summed E-state index contributed by atoms with van der Waals surface area (Å²) >= 11 is 0. The second kappa shape index (κ2) is 3.55. The monoisotopic (exact) mass is 228 g/mol. The summed E-state index contributed by atoms with van der Waals surface area (Å²) in [6.45, 7) is 0. The van der Waals surface area contributed by atoms with Crippen molar-refractivity contribution in [1.82, 2.24) is 9.78 Å². The van der Waals surface area contributed by atoms with Crippen LogP contribution in [0.3, 0.4) is 0 Å². The first-order chi connectivity index (χ1) is 7.50. The van der Waals surface area contributed by atoms with E-state index in [2.05, 4.69) is 5.10 Å². The molecular formula is C10H7F3N2O. The standard InChI is InChI=1S/C10H7F3N2O/c11-10(12,13)8-6-14-15(9(8)16)7-4-2-1-3-5-7/h1-6,14H. The van der Waals surface area contributed by atoms with Gasteiger partial charge in [0.1, 0.15) is 5.56 Å². The van der Waals surface area contributed by atoms with Crippen LogP contribution in [-0.4, -0.2) is 9.78 Å². The van der Waals surface area contributed by atoms with E-state index in [1.54, 1.807) is 18.2 Å². The van der Waals surface area contributed by atoms with Crippen LogP contribution in [-0.2, 0) is 6.18 Å². The zero-order chi connectivity index (χ0) is 11.8. The number of rotatable bonds is 1. The van der Waals surface area contributed by atoms with Gasteiger partial charge in [-0.25, -0.2) is 4.68 Å². The van der Waals surface area contributed by atoms with E-state index in [4.69, 9.17) is 0 Å². The second-order valence-corrected chi connectivity index (χ2v) is 3.16. The molecule has 0 aliphatic carbocycles. The van der Waals surface area contributed by atoms with Gasteiger partial charge in [0, 0.05) is 6.20 Å². The van der Waals surface area contributed by atoms with Gasteiger partial charge < -0.3 is 0 Å². The number of hydrogen-bond acceptors (Lipinski definition) is 1. The first-order valence-corrected chi connectivity index (χ1v) is 4.43. The molecule has 1 aromatic carbocycles. The number of nitrogens with zero attached hydrogens (tertiary/aromatic N) is 1. The Morgan fingerprint density at radius 1 is 1.12 bits per heavy atom. The van der Waals surface area contributed by atoms with E-state index >= 15 is 0 Å². The molecule has 2 aromatic rings. The van der Waals surface area contributed by atoms with E-state index in [1.165, 1.54) is 12.1 Å². The fourth-order valence-corrected chi connectivity index (χ4v) is 1.34. The summed E-state index contributed by atoms with van der Waals surface area (Å²) in [6, 6.07) is 8.06. The molecule has 0 saturated carbocycles. The molecule has 1 aromatic heterocycles. The van der Waals surface area contributed by atoms with Gasteiger partial charge in [-0.1, -0.05) is 18.2 Å². The molecule has 0 radical (unpaired) electrons. The Morgan fingerprint density at radius 2 is 1.75 bits per heavy atom. The van der Waals surface area contributed by atoms with Crippen molar-refractivity contribution in [2.75, 3.05) is 0 Å². The van der Waals surface area contributed by atoms with Gasteiger partial charge in [-0.3, -0.25) is 9.89 Å². The van der Waals surface area contributed by atoms with Crippen LogP contribution >= 0.6 is 0 Å². The van der Waals surface area contributed by atoms with E-state index in [1.807, 2.05) is 0 Å². The largest absolute Gasteiger partial charge is 0.423 e. The van der Waals surface area contributed by atoms with Gasteiger partial charge in [0.05, 0.1) is 5.69 Å². The maximum absolute atomic E-state index is 12.3. The highest BCUT2D eigenvalue weighted by Crippen LogP contribution is 2.26. The fraction of sp³-hybridized carbons (Fsp3) is 0.100. The average molecular weight is 228 g/mol. The van der Waals surface area contributed by atoms with Crippen LogP contribution in [0, 0.1) is 0 Å². The normalized spacial score (nSPS) is 11.7. The maximum atomic E-state index is 12.3. The number of halogens is 3. The van der Waals surface area contributed by atoms with E-state index in [-0.39, 0.29) is 0 Å². The van der Waals surface area contributed by atoms with Crippen molar-refractivity contribution in [3.05, 3.63) is 52.4 Å². The molecule has 0 amide bonds. The first kappa shape index (κ1) is 10.5. The molecule has 6 heteroatoms. The molecule has 16 heavy (non-hydrogen) atoms. The van der Waals surface area contributed by atoms with Crippen LogP contribution in [0.1, 0.15) is 5.56 Å². The Morgan fingerprint density at radius 3 is 2.25 bits per heavy atom. The van der Waals surface area contributed by atoms with Gasteiger partial charge >= 0.3 is 6.18 Å². The van der Waals surface area contributed by atoms with Gasteiger partial charge in [-0.05, 0) is 12.1 Å². The smallest absolute Gasteiger partial charge is 0.298 e. The van der Waals surface area contributed by atoms with E-state index in [9.17, 15) is 18.0 Å². The lowest BCUT2D eigenvalue weighted by molar-refractivity contribution is -0.138. The minimum atomic E-state index is -4.63.